The average molecular weight is 249 g/mol. The van der Waals surface area contributed by atoms with Gasteiger partial charge >= 0.3 is 0 Å². The predicted molar refractivity (Wildman–Crippen MR) is 73.9 cm³/mol. The Morgan fingerprint density at radius 1 is 1.39 bits per heavy atom. The van der Waals surface area contributed by atoms with Gasteiger partial charge in [-0.1, -0.05) is 13.8 Å². The molecule has 0 aliphatic carbocycles. The molecular weight excluding hydrogens is 226 g/mol. The van der Waals surface area contributed by atoms with Gasteiger partial charge in [0, 0.05) is 19.1 Å². The van der Waals surface area contributed by atoms with Crippen LogP contribution in [0.2, 0.25) is 0 Å². The molecule has 1 aromatic rings. The number of hydrogen-bond donors (Lipinski definition) is 1. The standard InChI is InChI=1S/C13H23N5/c1-3-8-14-12-10-15-17-13(16-12)18-9-6-5-7-11(18)4-2/h10-11H,3-9H2,1-2H3,(H,14,16,17). The van der Waals surface area contributed by atoms with E-state index < -0.39 is 0 Å². The van der Waals surface area contributed by atoms with E-state index in [4.69, 9.17) is 0 Å². The molecule has 2 rings (SSSR count). The summed E-state index contributed by atoms with van der Waals surface area (Å²) in [6.07, 6.45) is 7.72. The molecule has 2 heterocycles. The molecular formula is C13H23N5. The van der Waals surface area contributed by atoms with E-state index in [1.807, 2.05) is 0 Å². The first kappa shape index (κ1) is 13.1. The van der Waals surface area contributed by atoms with E-state index in [0.29, 0.717) is 6.04 Å². The molecule has 1 aliphatic rings. The van der Waals surface area contributed by atoms with Gasteiger partial charge in [-0.2, -0.15) is 10.1 Å². The van der Waals surface area contributed by atoms with Crippen LogP contribution in [0.25, 0.3) is 0 Å². The first-order valence-corrected chi connectivity index (χ1v) is 7.05. The van der Waals surface area contributed by atoms with E-state index in [1.54, 1.807) is 6.20 Å². The van der Waals surface area contributed by atoms with Gasteiger partial charge in [0.2, 0.25) is 5.95 Å². The highest BCUT2D eigenvalue weighted by molar-refractivity contribution is 5.39. The summed E-state index contributed by atoms with van der Waals surface area (Å²) in [5.74, 6) is 1.62. The van der Waals surface area contributed by atoms with Gasteiger partial charge in [0.1, 0.15) is 0 Å². The van der Waals surface area contributed by atoms with Crippen LogP contribution >= 0.6 is 0 Å². The topological polar surface area (TPSA) is 53.9 Å². The van der Waals surface area contributed by atoms with Gasteiger partial charge in [0.25, 0.3) is 0 Å². The highest BCUT2D eigenvalue weighted by atomic mass is 15.3. The first-order valence-electron chi connectivity index (χ1n) is 7.05. The zero-order valence-corrected chi connectivity index (χ0v) is 11.4. The van der Waals surface area contributed by atoms with Crippen molar-refractivity contribution in [3.63, 3.8) is 0 Å². The Kier molecular flexibility index (Phi) is 4.73. The molecule has 5 nitrogen and oxygen atoms in total. The van der Waals surface area contributed by atoms with Crippen LogP contribution in [0.3, 0.4) is 0 Å². The fraction of sp³-hybridized carbons (Fsp3) is 0.769. The molecule has 0 radical (unpaired) electrons. The molecule has 1 saturated heterocycles. The molecule has 1 unspecified atom stereocenters. The zero-order chi connectivity index (χ0) is 12.8. The van der Waals surface area contributed by atoms with Crippen LogP contribution < -0.4 is 10.2 Å². The SMILES string of the molecule is CCCNc1cnnc(N2CCCCC2CC)n1. The maximum atomic E-state index is 4.57. The normalized spacial score (nSPS) is 19.9. The predicted octanol–water partition coefficient (Wildman–Crippen LogP) is 2.46. The van der Waals surface area contributed by atoms with E-state index >= 15 is 0 Å². The van der Waals surface area contributed by atoms with E-state index in [1.165, 1.54) is 19.3 Å². The monoisotopic (exact) mass is 249 g/mol. The summed E-state index contributed by atoms with van der Waals surface area (Å²) in [5.41, 5.74) is 0. The van der Waals surface area contributed by atoms with Crippen molar-refractivity contribution in [1.29, 1.82) is 0 Å². The van der Waals surface area contributed by atoms with Gasteiger partial charge in [0.05, 0.1) is 6.20 Å². The van der Waals surface area contributed by atoms with Crippen LogP contribution in [-0.2, 0) is 0 Å². The van der Waals surface area contributed by atoms with Crippen LogP contribution in [0.1, 0.15) is 46.0 Å². The minimum Gasteiger partial charge on any atom is -0.369 e. The van der Waals surface area contributed by atoms with Gasteiger partial charge in [-0.3, -0.25) is 0 Å². The second-order valence-electron chi connectivity index (χ2n) is 4.82. The van der Waals surface area contributed by atoms with Crippen molar-refractivity contribution in [2.45, 2.75) is 52.0 Å². The van der Waals surface area contributed by atoms with Crippen LogP contribution in [0.5, 0.6) is 0 Å². The van der Waals surface area contributed by atoms with Crippen LogP contribution in [0, 0.1) is 0 Å². The molecule has 0 amide bonds. The summed E-state index contributed by atoms with van der Waals surface area (Å²) >= 11 is 0. The summed E-state index contributed by atoms with van der Waals surface area (Å²) in [7, 11) is 0. The van der Waals surface area contributed by atoms with Crippen molar-refractivity contribution < 1.29 is 0 Å². The molecule has 1 N–H and O–H groups in total. The van der Waals surface area contributed by atoms with Gasteiger partial charge < -0.3 is 10.2 Å². The Balaban J connectivity index is 2.10. The number of anilines is 2. The number of rotatable bonds is 5. The lowest BCUT2D eigenvalue weighted by molar-refractivity contribution is 0.441. The Labute approximate surface area is 109 Å². The number of aromatic nitrogens is 3. The summed E-state index contributed by atoms with van der Waals surface area (Å²) in [6.45, 7) is 6.35. The molecule has 0 saturated carbocycles. The van der Waals surface area contributed by atoms with E-state index in [2.05, 4.69) is 39.2 Å². The third-order valence-corrected chi connectivity index (χ3v) is 3.46. The Bertz CT molecular complexity index is 368. The lowest BCUT2D eigenvalue weighted by Crippen LogP contribution is -2.40. The Morgan fingerprint density at radius 2 is 2.28 bits per heavy atom. The zero-order valence-electron chi connectivity index (χ0n) is 11.4. The molecule has 1 aromatic heterocycles. The quantitative estimate of drug-likeness (QED) is 0.868. The smallest absolute Gasteiger partial charge is 0.247 e. The molecule has 5 heteroatoms. The molecule has 1 fully saturated rings. The van der Waals surface area contributed by atoms with Crippen molar-refractivity contribution in [1.82, 2.24) is 15.2 Å². The van der Waals surface area contributed by atoms with Gasteiger partial charge in [-0.25, -0.2) is 0 Å². The summed E-state index contributed by atoms with van der Waals surface area (Å²) < 4.78 is 0. The van der Waals surface area contributed by atoms with Crippen molar-refractivity contribution in [2.75, 3.05) is 23.3 Å². The van der Waals surface area contributed by atoms with Crippen molar-refractivity contribution in [2.24, 2.45) is 0 Å². The number of nitrogens with one attached hydrogen (secondary N) is 1. The second-order valence-corrected chi connectivity index (χ2v) is 4.82. The van der Waals surface area contributed by atoms with Crippen LogP contribution in [-0.4, -0.2) is 34.3 Å². The molecule has 18 heavy (non-hydrogen) atoms. The maximum Gasteiger partial charge on any atom is 0.247 e. The highest BCUT2D eigenvalue weighted by Crippen LogP contribution is 2.23. The van der Waals surface area contributed by atoms with E-state index in [0.717, 1.165) is 37.7 Å². The lowest BCUT2D eigenvalue weighted by atomic mass is 10.0. The van der Waals surface area contributed by atoms with E-state index in [9.17, 15) is 0 Å². The lowest BCUT2D eigenvalue weighted by Gasteiger charge is -2.34. The summed E-state index contributed by atoms with van der Waals surface area (Å²) in [4.78, 5) is 6.89. The molecule has 0 bridgehead atoms. The second kappa shape index (κ2) is 6.52. The summed E-state index contributed by atoms with van der Waals surface area (Å²) in [5, 5.41) is 11.5. The largest absolute Gasteiger partial charge is 0.369 e. The van der Waals surface area contributed by atoms with Crippen molar-refractivity contribution in [3.8, 4) is 0 Å². The first-order chi connectivity index (χ1) is 8.85. The third kappa shape index (κ3) is 3.09. The number of hydrogen-bond acceptors (Lipinski definition) is 5. The average Bonchev–Trinajstić information content (AvgIpc) is 2.45. The Morgan fingerprint density at radius 3 is 3.06 bits per heavy atom. The third-order valence-electron chi connectivity index (χ3n) is 3.46. The van der Waals surface area contributed by atoms with Crippen molar-refractivity contribution in [3.05, 3.63) is 6.20 Å². The van der Waals surface area contributed by atoms with Gasteiger partial charge in [0.15, 0.2) is 5.82 Å². The fourth-order valence-corrected chi connectivity index (χ4v) is 2.44. The van der Waals surface area contributed by atoms with Crippen molar-refractivity contribution >= 4 is 11.8 Å². The number of nitrogens with zero attached hydrogens (tertiary/aromatic N) is 4. The van der Waals surface area contributed by atoms with Crippen LogP contribution in [0.15, 0.2) is 6.20 Å². The minimum absolute atomic E-state index is 0.571. The molecule has 100 valence electrons. The molecule has 0 spiro atoms. The number of piperidine rings is 1. The molecule has 1 aliphatic heterocycles. The van der Waals surface area contributed by atoms with E-state index in [-0.39, 0.29) is 0 Å². The fourth-order valence-electron chi connectivity index (χ4n) is 2.44. The minimum atomic E-state index is 0.571. The highest BCUT2D eigenvalue weighted by Gasteiger charge is 2.23. The summed E-state index contributed by atoms with van der Waals surface area (Å²) in [6, 6.07) is 0.571. The molecule has 1 atom stereocenters. The van der Waals surface area contributed by atoms with Gasteiger partial charge in [-0.05, 0) is 32.1 Å². The van der Waals surface area contributed by atoms with Gasteiger partial charge in [-0.15, -0.1) is 5.10 Å². The molecule has 0 aromatic carbocycles. The Hall–Kier alpha value is -1.39. The van der Waals surface area contributed by atoms with Crippen LogP contribution in [0.4, 0.5) is 11.8 Å². The maximum absolute atomic E-state index is 4.57.